The molecule has 3 heterocycles. The van der Waals surface area contributed by atoms with Gasteiger partial charge in [-0.25, -0.2) is 9.79 Å². The number of morpholine rings is 1. The number of allylic oxidation sites excluding steroid dienone is 1. The van der Waals surface area contributed by atoms with Crippen LogP contribution in [0.1, 0.15) is 36.9 Å². The smallest absolute Gasteiger partial charge is 0.338 e. The maximum Gasteiger partial charge on any atom is 0.338 e. The number of amides is 1. The van der Waals surface area contributed by atoms with Gasteiger partial charge in [0, 0.05) is 31.9 Å². The molecule has 0 spiro atoms. The Labute approximate surface area is 256 Å². The van der Waals surface area contributed by atoms with Crippen LogP contribution in [-0.2, 0) is 25.7 Å². The first kappa shape index (κ1) is 30.7. The molecule has 1 N–H and O–H groups in total. The van der Waals surface area contributed by atoms with Crippen molar-refractivity contribution in [1.29, 1.82) is 0 Å². The van der Waals surface area contributed by atoms with Crippen molar-refractivity contribution in [3.63, 3.8) is 0 Å². The first-order chi connectivity index (χ1) is 21.0. The molecule has 0 bridgehead atoms. The van der Waals surface area contributed by atoms with E-state index in [-0.39, 0.29) is 12.3 Å². The van der Waals surface area contributed by atoms with Crippen molar-refractivity contribution in [2.75, 3.05) is 53.6 Å². The minimum absolute atomic E-state index is 0.0905. The number of methoxy groups -OCH3 is 2. The molecule has 0 unspecified atom stereocenters. The van der Waals surface area contributed by atoms with Crippen molar-refractivity contribution < 1.29 is 28.5 Å². The third-order valence-corrected chi connectivity index (χ3v) is 8.45. The van der Waals surface area contributed by atoms with Crippen LogP contribution in [0.15, 0.2) is 75.9 Å². The molecule has 10 nitrogen and oxygen atoms in total. The normalized spacial score (nSPS) is 18.5. The lowest BCUT2D eigenvalue weighted by Gasteiger charge is -2.36. The topological polar surface area (TPSA) is 102 Å². The quantitative estimate of drug-likeness (QED) is 0.356. The fourth-order valence-electron chi connectivity index (χ4n) is 5.34. The second-order valence-corrected chi connectivity index (χ2v) is 11.1. The van der Waals surface area contributed by atoms with E-state index < -0.39 is 12.0 Å². The van der Waals surface area contributed by atoms with Crippen molar-refractivity contribution in [2.24, 2.45) is 4.99 Å². The maximum atomic E-state index is 13.3. The van der Waals surface area contributed by atoms with E-state index in [1.807, 2.05) is 65.8 Å². The van der Waals surface area contributed by atoms with E-state index in [0.717, 1.165) is 49.7 Å². The van der Waals surface area contributed by atoms with Crippen molar-refractivity contribution in [3.05, 3.63) is 82.0 Å². The number of esters is 1. The van der Waals surface area contributed by atoms with Gasteiger partial charge in [-0.15, -0.1) is 0 Å². The predicted octanol–water partition coefficient (Wildman–Crippen LogP) is 4.25. The lowest BCUT2D eigenvalue weighted by molar-refractivity contribution is -0.136. The maximum absolute atomic E-state index is 13.3. The summed E-state index contributed by atoms with van der Waals surface area (Å²) in [5.74, 6) is 0.579. The summed E-state index contributed by atoms with van der Waals surface area (Å²) in [5, 5.41) is 5.70. The number of ether oxygens (including phenoxy) is 4. The number of thioether (sulfide) groups is 1. The van der Waals surface area contributed by atoms with E-state index >= 15 is 0 Å². The van der Waals surface area contributed by atoms with Crippen LogP contribution in [0.25, 0.3) is 0 Å². The largest absolute Gasteiger partial charge is 0.493 e. The third kappa shape index (κ3) is 7.23. The molecule has 1 atom stereocenters. The third-order valence-electron chi connectivity index (χ3n) is 7.57. The van der Waals surface area contributed by atoms with Crippen LogP contribution in [0.2, 0.25) is 0 Å². The van der Waals surface area contributed by atoms with Gasteiger partial charge in [-0.3, -0.25) is 9.69 Å². The zero-order valence-corrected chi connectivity index (χ0v) is 25.7. The Balaban J connectivity index is 1.39. The molecular formula is C32H38N4O6S. The molecule has 0 aromatic heterocycles. The van der Waals surface area contributed by atoms with Crippen molar-refractivity contribution in [1.82, 2.24) is 15.1 Å². The van der Waals surface area contributed by atoms with Crippen molar-refractivity contribution >= 4 is 28.8 Å². The minimum atomic E-state index is -0.561. The number of fused-ring (bicyclic) bond motifs is 1. The number of nitrogens with zero attached hydrogens (tertiary/aromatic N) is 3. The van der Waals surface area contributed by atoms with Gasteiger partial charge in [-0.2, -0.15) is 0 Å². The number of carbonyl (C=O) groups is 2. The summed E-state index contributed by atoms with van der Waals surface area (Å²) in [4.78, 5) is 35.4. The minimum Gasteiger partial charge on any atom is -0.493 e. The molecule has 0 radical (unpaired) electrons. The Morgan fingerprint density at radius 3 is 2.60 bits per heavy atom. The number of rotatable bonds is 12. The monoisotopic (exact) mass is 606 g/mol. The first-order valence-electron chi connectivity index (χ1n) is 14.5. The average molecular weight is 607 g/mol. The van der Waals surface area contributed by atoms with E-state index in [9.17, 15) is 9.59 Å². The Morgan fingerprint density at radius 2 is 1.88 bits per heavy atom. The van der Waals surface area contributed by atoms with Crippen LogP contribution < -0.4 is 14.8 Å². The lowest BCUT2D eigenvalue weighted by atomic mass is 9.92. The van der Waals surface area contributed by atoms with E-state index in [4.69, 9.17) is 23.9 Å². The Hall–Kier alpha value is -3.80. The summed E-state index contributed by atoms with van der Waals surface area (Å²) >= 11 is 1.45. The Kier molecular flexibility index (Phi) is 10.4. The van der Waals surface area contributed by atoms with Gasteiger partial charge in [-0.05, 0) is 35.1 Å². The highest BCUT2D eigenvalue weighted by atomic mass is 32.2. The van der Waals surface area contributed by atoms with E-state index in [1.54, 1.807) is 7.11 Å². The number of benzene rings is 2. The molecule has 2 aromatic rings. The number of hydrogen-bond donors (Lipinski definition) is 1. The van der Waals surface area contributed by atoms with Gasteiger partial charge in [0.15, 0.2) is 16.7 Å². The summed E-state index contributed by atoms with van der Waals surface area (Å²) in [6, 6.07) is 15.0. The molecule has 1 fully saturated rings. The number of carbonyl (C=O) groups excluding carboxylic acids is 2. The molecule has 3 aliphatic rings. The summed E-state index contributed by atoms with van der Waals surface area (Å²) in [7, 11) is 2.96. The fourth-order valence-corrected chi connectivity index (χ4v) is 6.28. The molecule has 1 amide bonds. The number of hydrogen-bond acceptors (Lipinski definition) is 10. The SMILES string of the molecule is CCC1=C(C(=O)OC)[C@@H](c2ccc(OCc3ccccc3)c(OC)c2)N2C(CC(=O)NCCN3CCOCC3)=CSC2=N1. The van der Waals surface area contributed by atoms with Gasteiger partial charge in [0.25, 0.3) is 0 Å². The molecule has 2 aromatic carbocycles. The number of aliphatic imine (C=N–C) groups is 1. The van der Waals surface area contributed by atoms with Crippen LogP contribution in [0.4, 0.5) is 0 Å². The number of amidine groups is 1. The standard InChI is InChI=1S/C32H38N4O6S/c1-4-25-29(31(38)40-3)30(23-10-11-26(27(18-23)39-2)42-20-22-8-6-5-7-9-22)36-24(21-43-32(36)34-25)19-28(37)33-12-13-35-14-16-41-17-15-35/h5-11,18,21,30H,4,12-17,19-20H2,1-3H3,(H,33,37)/t30-/m1/s1. The molecule has 5 rings (SSSR count). The summed E-state index contributed by atoms with van der Waals surface area (Å²) in [6.45, 7) is 6.86. The van der Waals surface area contributed by atoms with Gasteiger partial charge in [-0.1, -0.05) is 55.1 Å². The average Bonchev–Trinajstić information content (AvgIpc) is 3.45. The zero-order chi connectivity index (χ0) is 30.2. The molecule has 3 aliphatic heterocycles. The van der Waals surface area contributed by atoms with Crippen LogP contribution in [0, 0.1) is 0 Å². The van der Waals surface area contributed by atoms with Crippen LogP contribution >= 0.6 is 11.8 Å². The highest BCUT2D eigenvalue weighted by Crippen LogP contribution is 2.46. The predicted molar refractivity (Wildman–Crippen MR) is 166 cm³/mol. The first-order valence-corrected chi connectivity index (χ1v) is 15.4. The highest BCUT2D eigenvalue weighted by molar-refractivity contribution is 8.16. The molecular weight excluding hydrogens is 568 g/mol. The zero-order valence-electron chi connectivity index (χ0n) is 24.8. The van der Waals surface area contributed by atoms with Crippen molar-refractivity contribution in [2.45, 2.75) is 32.4 Å². The lowest BCUT2D eigenvalue weighted by Crippen LogP contribution is -2.42. The second kappa shape index (κ2) is 14.6. The van der Waals surface area contributed by atoms with E-state index in [2.05, 4.69) is 10.2 Å². The van der Waals surface area contributed by atoms with Gasteiger partial charge in [0.05, 0.1) is 51.2 Å². The fraction of sp³-hybridized carbons (Fsp3) is 0.406. The molecule has 0 aliphatic carbocycles. The second-order valence-electron chi connectivity index (χ2n) is 10.3. The number of nitrogens with one attached hydrogen (secondary N) is 1. The Bertz CT molecular complexity index is 1400. The van der Waals surface area contributed by atoms with Crippen LogP contribution in [0.5, 0.6) is 11.5 Å². The van der Waals surface area contributed by atoms with E-state index in [0.29, 0.717) is 47.5 Å². The van der Waals surface area contributed by atoms with Crippen molar-refractivity contribution in [3.8, 4) is 11.5 Å². The van der Waals surface area contributed by atoms with Gasteiger partial charge in [0.1, 0.15) is 6.61 Å². The van der Waals surface area contributed by atoms with Gasteiger partial charge < -0.3 is 29.2 Å². The van der Waals surface area contributed by atoms with Gasteiger partial charge >= 0.3 is 5.97 Å². The van der Waals surface area contributed by atoms with Crippen LogP contribution in [0.3, 0.4) is 0 Å². The summed E-state index contributed by atoms with van der Waals surface area (Å²) in [6.07, 6.45) is 0.697. The molecule has 11 heteroatoms. The molecule has 43 heavy (non-hydrogen) atoms. The Morgan fingerprint density at radius 1 is 1.09 bits per heavy atom. The van der Waals surface area contributed by atoms with E-state index in [1.165, 1.54) is 18.9 Å². The summed E-state index contributed by atoms with van der Waals surface area (Å²) < 4.78 is 22.5. The van der Waals surface area contributed by atoms with Gasteiger partial charge in [0.2, 0.25) is 5.91 Å². The molecule has 0 saturated carbocycles. The summed E-state index contributed by atoms with van der Waals surface area (Å²) in [5.41, 5.74) is 3.69. The molecule has 1 saturated heterocycles. The highest BCUT2D eigenvalue weighted by Gasteiger charge is 2.41. The van der Waals surface area contributed by atoms with Crippen LogP contribution in [-0.4, -0.2) is 80.5 Å². The molecule has 228 valence electrons.